The molecule has 0 radical (unpaired) electrons. The highest BCUT2D eigenvalue weighted by Crippen LogP contribution is 2.43. The molecule has 6 rings (SSSR count). The number of carbonyl (C=O) groups excluding carboxylic acids is 2. The standard InChI is InChI=1S/C32H38F3N3O2/c33-32(34,35)27-10-8-24(9-11-27)19-37-17-14-31(30(37)40)12-15-36(16-13-31)20-26-21-38(29(39)18-23-6-7-23)22-28(26)25-4-2-1-3-5-25/h1-5,8-11,23,26,28H,6-7,12-22H2/t26-,28+/m0/s1. The molecule has 3 aliphatic heterocycles. The number of carbonyl (C=O) groups is 2. The molecule has 0 unspecified atom stereocenters. The fourth-order valence-corrected chi connectivity index (χ4v) is 7.06. The molecule has 40 heavy (non-hydrogen) atoms. The number of hydrogen-bond donors (Lipinski definition) is 0. The van der Waals surface area contributed by atoms with Gasteiger partial charge in [-0.25, -0.2) is 0 Å². The van der Waals surface area contributed by atoms with Crippen molar-refractivity contribution in [1.29, 1.82) is 0 Å². The van der Waals surface area contributed by atoms with Crippen LogP contribution in [0.5, 0.6) is 0 Å². The highest BCUT2D eigenvalue weighted by atomic mass is 19.4. The van der Waals surface area contributed by atoms with Crippen LogP contribution < -0.4 is 0 Å². The van der Waals surface area contributed by atoms with E-state index in [-0.39, 0.29) is 11.3 Å². The minimum atomic E-state index is -4.36. The fraction of sp³-hybridized carbons (Fsp3) is 0.562. The first-order valence-corrected chi connectivity index (χ1v) is 14.7. The van der Waals surface area contributed by atoms with Crippen LogP contribution >= 0.6 is 0 Å². The fourth-order valence-electron chi connectivity index (χ4n) is 7.06. The molecule has 5 nitrogen and oxygen atoms in total. The molecule has 0 bridgehead atoms. The Kier molecular flexibility index (Phi) is 7.40. The number of piperidine rings is 1. The molecule has 3 saturated heterocycles. The molecule has 4 aliphatic rings. The van der Waals surface area contributed by atoms with Crippen LogP contribution in [0.25, 0.3) is 0 Å². The zero-order valence-electron chi connectivity index (χ0n) is 22.9. The second-order valence-electron chi connectivity index (χ2n) is 12.5. The summed E-state index contributed by atoms with van der Waals surface area (Å²) in [6.45, 7) is 5.22. The van der Waals surface area contributed by atoms with E-state index in [1.54, 1.807) is 0 Å². The van der Waals surface area contributed by atoms with E-state index < -0.39 is 11.7 Å². The Balaban J connectivity index is 1.06. The molecular weight excluding hydrogens is 515 g/mol. The van der Waals surface area contributed by atoms with Crippen molar-refractivity contribution in [3.05, 3.63) is 71.3 Å². The van der Waals surface area contributed by atoms with Gasteiger partial charge in [0.15, 0.2) is 0 Å². The summed E-state index contributed by atoms with van der Waals surface area (Å²) < 4.78 is 38.7. The van der Waals surface area contributed by atoms with E-state index in [1.807, 2.05) is 11.0 Å². The molecular formula is C32H38F3N3O2. The molecule has 3 heterocycles. The topological polar surface area (TPSA) is 43.9 Å². The molecule has 8 heteroatoms. The van der Waals surface area contributed by atoms with Crippen molar-refractivity contribution in [1.82, 2.24) is 14.7 Å². The van der Waals surface area contributed by atoms with E-state index in [0.29, 0.717) is 43.2 Å². The summed E-state index contributed by atoms with van der Waals surface area (Å²) in [5.74, 6) is 1.73. The lowest BCUT2D eigenvalue weighted by atomic mass is 9.76. The third-order valence-corrected chi connectivity index (χ3v) is 9.74. The molecule has 1 saturated carbocycles. The zero-order chi connectivity index (χ0) is 27.9. The van der Waals surface area contributed by atoms with Crippen LogP contribution in [-0.2, 0) is 22.3 Å². The van der Waals surface area contributed by atoms with E-state index in [1.165, 1.54) is 30.5 Å². The van der Waals surface area contributed by atoms with Gasteiger partial charge in [0.2, 0.25) is 11.8 Å². The highest BCUT2D eigenvalue weighted by Gasteiger charge is 2.48. The molecule has 2 atom stereocenters. The summed E-state index contributed by atoms with van der Waals surface area (Å²) in [5, 5.41) is 0. The molecule has 2 aromatic carbocycles. The Morgan fingerprint density at radius 2 is 1.57 bits per heavy atom. The quantitative estimate of drug-likeness (QED) is 0.451. The summed E-state index contributed by atoms with van der Waals surface area (Å²) in [6.07, 6.45) is 1.11. The van der Waals surface area contributed by atoms with Crippen molar-refractivity contribution in [2.75, 3.05) is 39.3 Å². The van der Waals surface area contributed by atoms with Crippen molar-refractivity contribution >= 4 is 11.8 Å². The first-order chi connectivity index (χ1) is 19.2. The molecule has 2 aromatic rings. The second-order valence-corrected chi connectivity index (χ2v) is 12.5. The van der Waals surface area contributed by atoms with E-state index in [9.17, 15) is 22.8 Å². The van der Waals surface area contributed by atoms with Crippen molar-refractivity contribution in [3.8, 4) is 0 Å². The van der Waals surface area contributed by atoms with Crippen molar-refractivity contribution in [3.63, 3.8) is 0 Å². The zero-order valence-corrected chi connectivity index (χ0v) is 22.9. The number of likely N-dealkylation sites (tertiary alicyclic amines) is 3. The Bertz CT molecular complexity index is 1200. The Hall–Kier alpha value is -2.87. The molecule has 2 amide bonds. The molecule has 0 aromatic heterocycles. The van der Waals surface area contributed by atoms with Gasteiger partial charge in [0.1, 0.15) is 0 Å². The van der Waals surface area contributed by atoms with E-state index in [4.69, 9.17) is 0 Å². The number of nitrogens with zero attached hydrogens (tertiary/aromatic N) is 3. The van der Waals surface area contributed by atoms with Crippen LogP contribution in [0.15, 0.2) is 54.6 Å². The first kappa shape index (κ1) is 27.3. The monoisotopic (exact) mass is 553 g/mol. The van der Waals surface area contributed by atoms with Crippen LogP contribution in [0, 0.1) is 17.3 Å². The van der Waals surface area contributed by atoms with Gasteiger partial charge in [-0.2, -0.15) is 13.2 Å². The van der Waals surface area contributed by atoms with Crippen LogP contribution in [0.3, 0.4) is 0 Å². The van der Waals surface area contributed by atoms with Crippen molar-refractivity contribution < 1.29 is 22.8 Å². The molecule has 1 aliphatic carbocycles. The van der Waals surface area contributed by atoms with Gasteiger partial charge in [-0.05, 0) is 80.3 Å². The average molecular weight is 554 g/mol. The smallest absolute Gasteiger partial charge is 0.342 e. The summed E-state index contributed by atoms with van der Waals surface area (Å²) >= 11 is 0. The second kappa shape index (κ2) is 10.8. The summed E-state index contributed by atoms with van der Waals surface area (Å²) in [7, 11) is 0. The molecule has 4 fully saturated rings. The third-order valence-electron chi connectivity index (χ3n) is 9.74. The largest absolute Gasteiger partial charge is 0.416 e. The van der Waals surface area contributed by atoms with Crippen molar-refractivity contribution in [2.45, 2.75) is 57.2 Å². The first-order valence-electron chi connectivity index (χ1n) is 14.7. The summed E-state index contributed by atoms with van der Waals surface area (Å²) in [6, 6.07) is 15.7. The predicted octanol–water partition coefficient (Wildman–Crippen LogP) is 5.56. The minimum Gasteiger partial charge on any atom is -0.342 e. The maximum Gasteiger partial charge on any atom is 0.416 e. The lowest BCUT2D eigenvalue weighted by molar-refractivity contribution is -0.139. The average Bonchev–Trinajstić information content (AvgIpc) is 3.59. The van der Waals surface area contributed by atoms with Crippen LogP contribution in [0.2, 0.25) is 0 Å². The lowest BCUT2D eigenvalue weighted by Crippen LogP contribution is -2.46. The Labute approximate surface area is 234 Å². The number of rotatable bonds is 7. The van der Waals surface area contributed by atoms with Crippen LogP contribution in [0.1, 0.15) is 61.1 Å². The van der Waals surface area contributed by atoms with Gasteiger partial charge in [0, 0.05) is 45.1 Å². The SMILES string of the molecule is O=C(CC1CC1)N1C[C@H](CN2CCC3(CC2)CCN(Cc2ccc(C(F)(F)F)cc2)C3=O)[C@@H](c2ccccc2)C1. The normalized spacial score (nSPS) is 25.2. The Morgan fingerprint density at radius 1 is 0.900 bits per heavy atom. The van der Waals surface area contributed by atoms with Gasteiger partial charge in [-0.3, -0.25) is 9.59 Å². The molecule has 0 N–H and O–H groups in total. The summed E-state index contributed by atoms with van der Waals surface area (Å²) in [4.78, 5) is 32.8. The van der Waals surface area contributed by atoms with Gasteiger partial charge < -0.3 is 14.7 Å². The van der Waals surface area contributed by atoms with E-state index in [2.05, 4.69) is 34.1 Å². The lowest BCUT2D eigenvalue weighted by Gasteiger charge is -2.39. The predicted molar refractivity (Wildman–Crippen MR) is 146 cm³/mol. The highest BCUT2D eigenvalue weighted by molar-refractivity contribution is 5.85. The molecule has 214 valence electrons. The third kappa shape index (κ3) is 5.78. The number of halogens is 3. The maximum absolute atomic E-state index is 13.5. The van der Waals surface area contributed by atoms with Gasteiger partial charge in [-0.1, -0.05) is 42.5 Å². The van der Waals surface area contributed by atoms with Crippen molar-refractivity contribution in [2.24, 2.45) is 17.3 Å². The van der Waals surface area contributed by atoms with Crippen LogP contribution in [-0.4, -0.2) is 65.8 Å². The van der Waals surface area contributed by atoms with E-state index in [0.717, 1.165) is 69.7 Å². The minimum absolute atomic E-state index is 0.145. The Morgan fingerprint density at radius 3 is 2.23 bits per heavy atom. The van der Waals surface area contributed by atoms with Gasteiger partial charge in [0.05, 0.1) is 11.0 Å². The van der Waals surface area contributed by atoms with Gasteiger partial charge in [-0.15, -0.1) is 0 Å². The number of benzene rings is 2. The number of alkyl halides is 3. The van der Waals surface area contributed by atoms with Gasteiger partial charge in [0.25, 0.3) is 0 Å². The number of hydrogen-bond acceptors (Lipinski definition) is 3. The van der Waals surface area contributed by atoms with E-state index >= 15 is 0 Å². The van der Waals surface area contributed by atoms with Crippen LogP contribution in [0.4, 0.5) is 13.2 Å². The molecule has 1 spiro atoms. The summed E-state index contributed by atoms with van der Waals surface area (Å²) in [5.41, 5.74) is 1.00. The maximum atomic E-state index is 13.5. The van der Waals surface area contributed by atoms with Gasteiger partial charge >= 0.3 is 6.18 Å². The number of amides is 2.